The molecular formula is C15H21N3OS2. The average Bonchev–Trinajstić information content (AvgIpc) is 2.79. The Morgan fingerprint density at radius 3 is 3.00 bits per heavy atom. The van der Waals surface area contributed by atoms with Crippen LogP contribution in [0, 0.1) is 12.8 Å². The smallest absolute Gasteiger partial charge is 0.220 e. The van der Waals surface area contributed by atoms with Gasteiger partial charge in [-0.1, -0.05) is 13.8 Å². The molecule has 0 saturated heterocycles. The predicted molar refractivity (Wildman–Crippen MR) is 90.0 cm³/mol. The van der Waals surface area contributed by atoms with Gasteiger partial charge in [0.25, 0.3) is 0 Å². The largest absolute Gasteiger partial charge is 0.356 e. The number of fused-ring (bicyclic) bond motifs is 1. The molecule has 2 heterocycles. The summed E-state index contributed by atoms with van der Waals surface area (Å²) in [6.45, 7) is 7.15. The molecule has 114 valence electrons. The van der Waals surface area contributed by atoms with Crippen molar-refractivity contribution in [3.05, 3.63) is 17.3 Å². The minimum atomic E-state index is 0.120. The molecule has 6 heteroatoms. The summed E-state index contributed by atoms with van der Waals surface area (Å²) in [7, 11) is 0. The van der Waals surface area contributed by atoms with Crippen LogP contribution in [0.2, 0.25) is 0 Å². The maximum atomic E-state index is 11.7. The molecule has 21 heavy (non-hydrogen) atoms. The summed E-state index contributed by atoms with van der Waals surface area (Å²) in [5.41, 5.74) is 0. The van der Waals surface area contributed by atoms with Crippen LogP contribution >= 0.6 is 23.1 Å². The van der Waals surface area contributed by atoms with E-state index in [0.29, 0.717) is 12.3 Å². The fourth-order valence-electron chi connectivity index (χ4n) is 1.90. The number of carbonyl (C=O) groups is 1. The molecular weight excluding hydrogens is 302 g/mol. The highest BCUT2D eigenvalue weighted by Gasteiger charge is 2.08. The van der Waals surface area contributed by atoms with Crippen LogP contribution in [-0.4, -0.2) is 28.2 Å². The summed E-state index contributed by atoms with van der Waals surface area (Å²) >= 11 is 3.30. The van der Waals surface area contributed by atoms with Crippen LogP contribution in [0.4, 0.5) is 0 Å². The molecule has 0 fully saturated rings. The van der Waals surface area contributed by atoms with Crippen LogP contribution in [0.3, 0.4) is 0 Å². The molecule has 4 nitrogen and oxygen atoms in total. The average molecular weight is 323 g/mol. The number of rotatable bonds is 7. The van der Waals surface area contributed by atoms with E-state index >= 15 is 0 Å². The molecule has 0 radical (unpaired) electrons. The quantitative estimate of drug-likeness (QED) is 0.624. The molecule has 1 amide bonds. The number of aryl methyl sites for hydroxylation is 1. The van der Waals surface area contributed by atoms with Crippen LogP contribution < -0.4 is 5.32 Å². The minimum absolute atomic E-state index is 0.120. The van der Waals surface area contributed by atoms with E-state index in [4.69, 9.17) is 0 Å². The summed E-state index contributed by atoms with van der Waals surface area (Å²) in [5.74, 6) is 1.49. The monoisotopic (exact) mass is 323 g/mol. The first-order valence-electron chi connectivity index (χ1n) is 7.17. The predicted octanol–water partition coefficient (Wildman–Crippen LogP) is 3.64. The second-order valence-electron chi connectivity index (χ2n) is 5.39. The van der Waals surface area contributed by atoms with Crippen LogP contribution in [0.5, 0.6) is 0 Å². The Labute approximate surface area is 133 Å². The van der Waals surface area contributed by atoms with E-state index < -0.39 is 0 Å². The van der Waals surface area contributed by atoms with E-state index in [1.165, 1.54) is 4.88 Å². The normalized spacial score (nSPS) is 11.2. The van der Waals surface area contributed by atoms with Crippen molar-refractivity contribution in [2.45, 2.75) is 38.6 Å². The lowest BCUT2D eigenvalue weighted by Gasteiger charge is -2.07. The van der Waals surface area contributed by atoms with Gasteiger partial charge < -0.3 is 5.32 Å². The second-order valence-corrected chi connectivity index (χ2v) is 7.70. The van der Waals surface area contributed by atoms with Gasteiger partial charge in [0.1, 0.15) is 16.2 Å². The molecule has 0 aliphatic carbocycles. The van der Waals surface area contributed by atoms with Crippen LogP contribution in [0.15, 0.2) is 17.4 Å². The van der Waals surface area contributed by atoms with Crippen molar-refractivity contribution in [2.24, 2.45) is 5.92 Å². The van der Waals surface area contributed by atoms with Gasteiger partial charge in [0.15, 0.2) is 0 Å². The Morgan fingerprint density at radius 2 is 2.24 bits per heavy atom. The van der Waals surface area contributed by atoms with Gasteiger partial charge in [-0.2, -0.15) is 0 Å². The Balaban J connectivity index is 1.81. The maximum Gasteiger partial charge on any atom is 0.220 e. The standard InChI is InChI=1S/C15H21N3OS2/c1-10(2)4-6-16-13(19)5-7-20-14-12-8-11(3)21-15(12)18-9-17-14/h8-10H,4-7H2,1-3H3,(H,16,19). The Bertz CT molecular complexity index is 610. The van der Waals surface area contributed by atoms with Gasteiger partial charge in [0, 0.05) is 29.0 Å². The van der Waals surface area contributed by atoms with Crippen molar-refractivity contribution < 1.29 is 4.79 Å². The van der Waals surface area contributed by atoms with Crippen LogP contribution in [0.1, 0.15) is 31.6 Å². The second kappa shape index (κ2) is 7.75. The molecule has 0 bridgehead atoms. The van der Waals surface area contributed by atoms with Crippen molar-refractivity contribution >= 4 is 39.2 Å². The summed E-state index contributed by atoms with van der Waals surface area (Å²) in [6.07, 6.45) is 3.15. The molecule has 0 aliphatic heterocycles. The van der Waals surface area contributed by atoms with Crippen molar-refractivity contribution in [1.29, 1.82) is 0 Å². The topological polar surface area (TPSA) is 54.9 Å². The summed E-state index contributed by atoms with van der Waals surface area (Å²) < 4.78 is 0. The lowest BCUT2D eigenvalue weighted by molar-refractivity contribution is -0.120. The Hall–Kier alpha value is -1.14. The van der Waals surface area contributed by atoms with E-state index in [1.54, 1.807) is 29.4 Å². The van der Waals surface area contributed by atoms with E-state index in [0.717, 1.165) is 34.0 Å². The maximum absolute atomic E-state index is 11.7. The van der Waals surface area contributed by atoms with Gasteiger partial charge in [0.2, 0.25) is 5.91 Å². The summed E-state index contributed by atoms with van der Waals surface area (Å²) in [5, 5.41) is 5.03. The van der Waals surface area contributed by atoms with Crippen molar-refractivity contribution in [3.8, 4) is 0 Å². The number of thiophene rings is 1. The highest BCUT2D eigenvalue weighted by atomic mass is 32.2. The van der Waals surface area contributed by atoms with E-state index in [-0.39, 0.29) is 5.91 Å². The first-order valence-corrected chi connectivity index (χ1v) is 8.97. The molecule has 0 aromatic carbocycles. The molecule has 0 spiro atoms. The van der Waals surface area contributed by atoms with Gasteiger partial charge >= 0.3 is 0 Å². The number of aromatic nitrogens is 2. The summed E-state index contributed by atoms with van der Waals surface area (Å²) in [4.78, 5) is 22.6. The molecule has 1 N–H and O–H groups in total. The van der Waals surface area contributed by atoms with E-state index in [1.807, 2.05) is 0 Å². The number of amides is 1. The highest BCUT2D eigenvalue weighted by molar-refractivity contribution is 7.99. The number of carbonyl (C=O) groups excluding carboxylic acids is 1. The van der Waals surface area contributed by atoms with Crippen molar-refractivity contribution in [2.75, 3.05) is 12.3 Å². The number of nitrogens with one attached hydrogen (secondary N) is 1. The zero-order valence-corrected chi connectivity index (χ0v) is 14.3. The van der Waals surface area contributed by atoms with E-state index in [2.05, 4.69) is 42.1 Å². The highest BCUT2D eigenvalue weighted by Crippen LogP contribution is 2.30. The third-order valence-corrected chi connectivity index (χ3v) is 4.99. The SMILES string of the molecule is Cc1cc2c(SCCC(=O)NCCC(C)C)ncnc2s1. The lowest BCUT2D eigenvalue weighted by Crippen LogP contribution is -2.25. The van der Waals surface area contributed by atoms with Crippen molar-refractivity contribution in [3.63, 3.8) is 0 Å². The van der Waals surface area contributed by atoms with Gasteiger partial charge in [-0.3, -0.25) is 4.79 Å². The zero-order chi connectivity index (χ0) is 15.2. The third kappa shape index (κ3) is 4.97. The van der Waals surface area contributed by atoms with Crippen LogP contribution in [-0.2, 0) is 4.79 Å². The molecule has 0 saturated carbocycles. The molecule has 0 unspecified atom stereocenters. The molecule has 2 rings (SSSR count). The molecule has 2 aromatic rings. The fourth-order valence-corrected chi connectivity index (χ4v) is 3.72. The Morgan fingerprint density at radius 1 is 1.43 bits per heavy atom. The van der Waals surface area contributed by atoms with Crippen LogP contribution in [0.25, 0.3) is 10.2 Å². The third-order valence-electron chi connectivity index (χ3n) is 3.03. The first-order chi connectivity index (χ1) is 10.1. The number of thioether (sulfide) groups is 1. The zero-order valence-electron chi connectivity index (χ0n) is 12.7. The number of hydrogen-bond donors (Lipinski definition) is 1. The lowest BCUT2D eigenvalue weighted by atomic mass is 10.1. The molecule has 0 atom stereocenters. The minimum Gasteiger partial charge on any atom is -0.356 e. The van der Waals surface area contributed by atoms with E-state index in [9.17, 15) is 4.79 Å². The summed E-state index contributed by atoms with van der Waals surface area (Å²) in [6, 6.07) is 2.12. The molecule has 2 aromatic heterocycles. The van der Waals surface area contributed by atoms with Crippen molar-refractivity contribution in [1.82, 2.24) is 15.3 Å². The fraction of sp³-hybridized carbons (Fsp3) is 0.533. The number of hydrogen-bond acceptors (Lipinski definition) is 5. The van der Waals surface area contributed by atoms with Gasteiger partial charge in [-0.25, -0.2) is 9.97 Å². The van der Waals surface area contributed by atoms with Gasteiger partial charge in [-0.15, -0.1) is 23.1 Å². The number of nitrogens with zero attached hydrogens (tertiary/aromatic N) is 2. The Kier molecular flexibility index (Phi) is 5.99. The molecule has 0 aliphatic rings. The van der Waals surface area contributed by atoms with Gasteiger partial charge in [-0.05, 0) is 25.3 Å². The first kappa shape index (κ1) is 16.2. The van der Waals surface area contributed by atoms with Gasteiger partial charge in [0.05, 0.1) is 0 Å².